The van der Waals surface area contributed by atoms with E-state index in [9.17, 15) is 4.79 Å². The molecule has 1 amide bonds. The third-order valence-corrected chi connectivity index (χ3v) is 2.61. The maximum absolute atomic E-state index is 11.3. The number of hydrogen-bond acceptors (Lipinski definition) is 1. The molecule has 0 heterocycles. The maximum atomic E-state index is 11.3. The molecule has 0 aliphatic heterocycles. The number of nitrogens with one attached hydrogen (secondary N) is 2. The Hall–Kier alpha value is 1.24. The fraction of sp³-hybridized carbons (Fsp3) is 0.923. The summed E-state index contributed by atoms with van der Waals surface area (Å²) < 4.78 is 0. The van der Waals surface area contributed by atoms with Crippen molar-refractivity contribution in [2.75, 3.05) is 13.1 Å². The summed E-state index contributed by atoms with van der Waals surface area (Å²) in [6.07, 6.45) is 7.03. The van der Waals surface area contributed by atoms with Crippen molar-refractivity contribution in [3.8, 4) is 0 Å². The molecular formula is C13H27N2ORb. The third-order valence-electron chi connectivity index (χ3n) is 2.61. The van der Waals surface area contributed by atoms with Gasteiger partial charge in [0.05, 0.1) is 0 Å². The van der Waals surface area contributed by atoms with E-state index in [-0.39, 0.29) is 64.1 Å². The van der Waals surface area contributed by atoms with Crippen molar-refractivity contribution >= 4 is 5.91 Å². The van der Waals surface area contributed by atoms with Gasteiger partial charge < -0.3 is 11.1 Å². The molecule has 0 rings (SSSR count). The van der Waals surface area contributed by atoms with Crippen molar-refractivity contribution in [1.82, 2.24) is 5.32 Å². The molecule has 2 N–H and O–H groups in total. The molecule has 0 atom stereocenters. The molecule has 0 aliphatic carbocycles. The van der Waals surface area contributed by atoms with E-state index >= 15 is 0 Å². The van der Waals surface area contributed by atoms with Gasteiger partial charge in [0.1, 0.15) is 0 Å². The average molecular weight is 313 g/mol. The van der Waals surface area contributed by atoms with Crippen LogP contribution in [0, 0.1) is 5.92 Å². The van der Waals surface area contributed by atoms with Gasteiger partial charge in [0, 0.05) is 13.0 Å². The normalized spacial score (nSPS) is 10.1. The van der Waals surface area contributed by atoms with E-state index in [1.165, 1.54) is 12.8 Å². The quantitative estimate of drug-likeness (QED) is 0.588. The standard InChI is InChI=1S/C13H27N2O.Rb/c1-12(2)8-5-7-11-15-13(16)9-4-3-6-10-14;/h12,14H,3-11H2,1-2H3,(H,15,16);/q-1;+1. The zero-order valence-electron chi connectivity index (χ0n) is 11.8. The summed E-state index contributed by atoms with van der Waals surface area (Å²) in [5.74, 6) is 0.940. The minimum Gasteiger partial charge on any atom is -0.677 e. The smallest absolute Gasteiger partial charge is 0.677 e. The van der Waals surface area contributed by atoms with Crippen molar-refractivity contribution in [3.63, 3.8) is 0 Å². The van der Waals surface area contributed by atoms with E-state index in [0.717, 1.165) is 38.1 Å². The van der Waals surface area contributed by atoms with Crippen molar-refractivity contribution in [3.05, 3.63) is 5.73 Å². The molecule has 0 aromatic carbocycles. The maximum Gasteiger partial charge on any atom is 1.00 e. The van der Waals surface area contributed by atoms with Crippen molar-refractivity contribution in [1.29, 1.82) is 0 Å². The van der Waals surface area contributed by atoms with Gasteiger partial charge in [-0.15, -0.1) is 0 Å². The molecule has 17 heavy (non-hydrogen) atoms. The molecule has 0 radical (unpaired) electrons. The third kappa shape index (κ3) is 17.2. The van der Waals surface area contributed by atoms with Crippen LogP contribution in [-0.2, 0) is 4.79 Å². The fourth-order valence-electron chi connectivity index (χ4n) is 1.58. The number of hydrogen-bond donors (Lipinski definition) is 1. The first-order valence-corrected chi connectivity index (χ1v) is 6.58. The van der Waals surface area contributed by atoms with E-state index in [1.807, 2.05) is 0 Å². The molecule has 0 aromatic rings. The van der Waals surface area contributed by atoms with Gasteiger partial charge in [-0.2, -0.15) is 6.54 Å². The first kappa shape index (κ1) is 20.6. The Labute approximate surface area is 155 Å². The Kier molecular flexibility index (Phi) is 18.5. The largest absolute Gasteiger partial charge is 1.00 e. The van der Waals surface area contributed by atoms with E-state index in [4.69, 9.17) is 5.73 Å². The Morgan fingerprint density at radius 3 is 2.41 bits per heavy atom. The molecule has 0 saturated heterocycles. The zero-order chi connectivity index (χ0) is 12.2. The molecule has 0 aromatic heterocycles. The Bertz CT molecular complexity index is 175. The van der Waals surface area contributed by atoms with Crippen LogP contribution < -0.4 is 63.5 Å². The van der Waals surface area contributed by atoms with Gasteiger partial charge in [-0.3, -0.25) is 4.79 Å². The van der Waals surface area contributed by atoms with Gasteiger partial charge in [-0.1, -0.05) is 39.5 Å². The van der Waals surface area contributed by atoms with Crippen LogP contribution in [0.1, 0.15) is 58.8 Å². The summed E-state index contributed by atoms with van der Waals surface area (Å²) in [5.41, 5.74) is 6.98. The van der Waals surface area contributed by atoms with E-state index in [1.54, 1.807) is 0 Å². The van der Waals surface area contributed by atoms with Crippen LogP contribution in [0.2, 0.25) is 0 Å². The number of carbonyl (C=O) groups excluding carboxylic acids is 1. The van der Waals surface area contributed by atoms with E-state index < -0.39 is 0 Å². The summed E-state index contributed by atoms with van der Waals surface area (Å²) in [6.45, 7) is 5.76. The summed E-state index contributed by atoms with van der Waals surface area (Å²) >= 11 is 0. The first-order chi connectivity index (χ1) is 7.66. The second-order valence-electron chi connectivity index (χ2n) is 4.80. The topological polar surface area (TPSA) is 52.9 Å². The van der Waals surface area contributed by atoms with Crippen LogP contribution in [0.3, 0.4) is 0 Å². The van der Waals surface area contributed by atoms with Gasteiger partial charge >= 0.3 is 58.2 Å². The number of rotatable bonds is 10. The summed E-state index contributed by atoms with van der Waals surface area (Å²) in [5, 5.41) is 2.95. The van der Waals surface area contributed by atoms with Crippen LogP contribution in [0.25, 0.3) is 5.73 Å². The Balaban J connectivity index is 0. The van der Waals surface area contributed by atoms with Gasteiger partial charge in [-0.25, -0.2) is 0 Å². The van der Waals surface area contributed by atoms with Crippen molar-refractivity contribution in [2.45, 2.75) is 58.8 Å². The molecule has 0 aliphatic rings. The second kappa shape index (κ2) is 15.3. The van der Waals surface area contributed by atoms with Crippen molar-refractivity contribution < 1.29 is 63.0 Å². The van der Waals surface area contributed by atoms with Crippen LogP contribution in [0.15, 0.2) is 0 Å². The molecule has 0 fully saturated rings. The summed E-state index contributed by atoms with van der Waals surface area (Å²) in [4.78, 5) is 11.3. The van der Waals surface area contributed by atoms with Gasteiger partial charge in [-0.05, 0) is 18.8 Å². The molecule has 0 saturated carbocycles. The minimum atomic E-state index is 0. The SMILES string of the molecule is CC(C)CCCCNC(=O)CCCCC[NH-].[Rb+]. The van der Waals surface area contributed by atoms with E-state index in [0.29, 0.717) is 13.0 Å². The number of carbonyl (C=O) groups is 1. The van der Waals surface area contributed by atoms with E-state index in [2.05, 4.69) is 19.2 Å². The molecular weight excluding hydrogens is 286 g/mol. The van der Waals surface area contributed by atoms with Crippen LogP contribution in [-0.4, -0.2) is 19.0 Å². The van der Waals surface area contributed by atoms with Crippen LogP contribution in [0.5, 0.6) is 0 Å². The monoisotopic (exact) mass is 312 g/mol. The predicted octanol–water partition coefficient (Wildman–Crippen LogP) is 0.546. The molecule has 4 heteroatoms. The average Bonchev–Trinajstić information content (AvgIpc) is 2.23. The second-order valence-corrected chi connectivity index (χ2v) is 4.80. The zero-order valence-corrected chi connectivity index (χ0v) is 16.8. The Morgan fingerprint density at radius 1 is 1.12 bits per heavy atom. The van der Waals surface area contributed by atoms with Gasteiger partial charge in [0.2, 0.25) is 5.91 Å². The fourth-order valence-corrected chi connectivity index (χ4v) is 1.58. The molecule has 0 spiro atoms. The minimum absolute atomic E-state index is 0. The van der Waals surface area contributed by atoms with Crippen LogP contribution >= 0.6 is 0 Å². The first-order valence-electron chi connectivity index (χ1n) is 6.58. The predicted molar refractivity (Wildman–Crippen MR) is 69.4 cm³/mol. The number of unbranched alkanes of at least 4 members (excludes halogenated alkanes) is 3. The summed E-state index contributed by atoms with van der Waals surface area (Å²) in [7, 11) is 0. The van der Waals surface area contributed by atoms with Gasteiger partial charge in [0.25, 0.3) is 0 Å². The summed E-state index contributed by atoms with van der Waals surface area (Å²) in [6, 6.07) is 0. The van der Waals surface area contributed by atoms with Crippen LogP contribution in [0.4, 0.5) is 0 Å². The molecule has 0 unspecified atom stereocenters. The molecule has 0 bridgehead atoms. The number of amides is 1. The van der Waals surface area contributed by atoms with Gasteiger partial charge in [0.15, 0.2) is 0 Å². The molecule has 96 valence electrons. The van der Waals surface area contributed by atoms with Crippen molar-refractivity contribution in [2.24, 2.45) is 5.92 Å². The molecule has 3 nitrogen and oxygen atoms in total. The Morgan fingerprint density at radius 2 is 1.82 bits per heavy atom.